The summed E-state index contributed by atoms with van der Waals surface area (Å²) in [5, 5.41) is 11.0. The molecule has 0 spiro atoms. The molecular formula is C16H20N4O3S3. The van der Waals surface area contributed by atoms with E-state index < -0.39 is 0 Å². The summed E-state index contributed by atoms with van der Waals surface area (Å²) >= 11 is 4.54. The van der Waals surface area contributed by atoms with Crippen molar-refractivity contribution in [3.63, 3.8) is 0 Å². The number of nitrogens with zero attached hydrogens (tertiary/aromatic N) is 4. The Morgan fingerprint density at radius 2 is 2.27 bits per heavy atom. The smallest absolute Gasteiger partial charge is 0.320 e. The SMILES string of the molecule is CCn1c(SCC(=O)N2CCS[C@@H](C(=O)OC)C2)nnc1-c1cccs1. The van der Waals surface area contributed by atoms with Crippen molar-refractivity contribution in [1.29, 1.82) is 0 Å². The van der Waals surface area contributed by atoms with Crippen molar-refractivity contribution >= 4 is 46.7 Å². The van der Waals surface area contributed by atoms with Crippen LogP contribution in [-0.2, 0) is 20.9 Å². The first kappa shape index (κ1) is 19.2. The molecule has 0 aliphatic carbocycles. The fraction of sp³-hybridized carbons (Fsp3) is 0.500. The number of esters is 1. The Hall–Kier alpha value is -1.52. The van der Waals surface area contributed by atoms with Gasteiger partial charge in [-0.3, -0.25) is 9.59 Å². The molecule has 1 aliphatic heterocycles. The van der Waals surface area contributed by atoms with Crippen LogP contribution in [0.25, 0.3) is 10.7 Å². The summed E-state index contributed by atoms with van der Waals surface area (Å²) in [5.74, 6) is 1.59. The molecule has 1 fully saturated rings. The number of amides is 1. The summed E-state index contributed by atoms with van der Waals surface area (Å²) in [5.41, 5.74) is 0. The molecule has 1 saturated heterocycles. The number of ether oxygens (including phenoxy) is 1. The van der Waals surface area contributed by atoms with Crippen LogP contribution in [0.3, 0.4) is 0 Å². The molecule has 3 rings (SSSR count). The summed E-state index contributed by atoms with van der Waals surface area (Å²) in [4.78, 5) is 27.1. The molecule has 140 valence electrons. The van der Waals surface area contributed by atoms with Gasteiger partial charge in [0.1, 0.15) is 5.25 Å². The van der Waals surface area contributed by atoms with Crippen molar-refractivity contribution < 1.29 is 14.3 Å². The summed E-state index contributed by atoms with van der Waals surface area (Å²) in [6.07, 6.45) is 0. The highest BCUT2D eigenvalue weighted by atomic mass is 32.2. The fourth-order valence-electron chi connectivity index (χ4n) is 2.64. The predicted molar refractivity (Wildman–Crippen MR) is 105 cm³/mol. The summed E-state index contributed by atoms with van der Waals surface area (Å²) in [6, 6.07) is 4.00. The minimum absolute atomic E-state index is 0.00697. The van der Waals surface area contributed by atoms with Crippen LogP contribution < -0.4 is 0 Å². The van der Waals surface area contributed by atoms with Gasteiger partial charge >= 0.3 is 5.97 Å². The van der Waals surface area contributed by atoms with Crippen molar-refractivity contribution in [1.82, 2.24) is 19.7 Å². The first-order valence-corrected chi connectivity index (χ1v) is 11.1. The second-order valence-corrected chi connectivity index (χ2v) is 8.74. The molecule has 2 aromatic rings. The number of methoxy groups -OCH3 is 1. The van der Waals surface area contributed by atoms with Crippen LogP contribution >= 0.6 is 34.9 Å². The molecule has 2 aromatic heterocycles. The quantitative estimate of drug-likeness (QED) is 0.532. The summed E-state index contributed by atoms with van der Waals surface area (Å²) in [7, 11) is 1.38. The summed E-state index contributed by atoms with van der Waals surface area (Å²) in [6.45, 7) is 3.83. The van der Waals surface area contributed by atoms with Gasteiger partial charge < -0.3 is 14.2 Å². The van der Waals surface area contributed by atoms with E-state index in [1.54, 1.807) is 16.2 Å². The third-order valence-electron chi connectivity index (χ3n) is 3.98. The van der Waals surface area contributed by atoms with E-state index in [9.17, 15) is 9.59 Å². The van der Waals surface area contributed by atoms with Gasteiger partial charge in [0.25, 0.3) is 0 Å². The highest BCUT2D eigenvalue weighted by Gasteiger charge is 2.29. The lowest BCUT2D eigenvalue weighted by molar-refractivity contribution is -0.141. The van der Waals surface area contributed by atoms with Gasteiger partial charge in [0.15, 0.2) is 11.0 Å². The van der Waals surface area contributed by atoms with E-state index in [1.807, 2.05) is 29.0 Å². The molecule has 1 aliphatic rings. The minimum Gasteiger partial charge on any atom is -0.468 e. The van der Waals surface area contributed by atoms with Crippen molar-refractivity contribution in [2.24, 2.45) is 0 Å². The molecule has 0 radical (unpaired) electrons. The minimum atomic E-state index is -0.299. The molecule has 1 amide bonds. The van der Waals surface area contributed by atoms with Crippen LogP contribution in [0.5, 0.6) is 0 Å². The van der Waals surface area contributed by atoms with Gasteiger partial charge in [0.2, 0.25) is 5.91 Å². The molecule has 10 heteroatoms. The Morgan fingerprint density at radius 3 is 2.96 bits per heavy atom. The first-order valence-electron chi connectivity index (χ1n) is 8.21. The molecule has 1 atom stereocenters. The van der Waals surface area contributed by atoms with Gasteiger partial charge in [-0.2, -0.15) is 0 Å². The predicted octanol–water partition coefficient (Wildman–Crippen LogP) is 2.24. The highest BCUT2D eigenvalue weighted by Crippen LogP contribution is 2.27. The van der Waals surface area contributed by atoms with Crippen LogP contribution in [0, 0.1) is 0 Å². The maximum absolute atomic E-state index is 12.6. The van der Waals surface area contributed by atoms with Gasteiger partial charge in [0.05, 0.1) is 17.7 Å². The standard InChI is InChI=1S/C16H20N4O3S3/c1-3-20-14(11-5-4-7-24-11)17-18-16(20)26-10-13(21)19-6-8-25-12(9-19)15(22)23-2/h4-5,7,12H,3,6,8-10H2,1-2H3/t12-/m1/s1. The van der Waals surface area contributed by atoms with E-state index in [4.69, 9.17) is 4.74 Å². The van der Waals surface area contributed by atoms with Gasteiger partial charge in [-0.05, 0) is 18.4 Å². The Labute approximate surface area is 164 Å². The van der Waals surface area contributed by atoms with E-state index >= 15 is 0 Å². The fourth-order valence-corrected chi connectivity index (χ4v) is 5.39. The van der Waals surface area contributed by atoms with E-state index in [1.165, 1.54) is 30.6 Å². The van der Waals surface area contributed by atoms with Gasteiger partial charge in [0, 0.05) is 25.4 Å². The average Bonchev–Trinajstić information content (AvgIpc) is 3.34. The molecule has 0 unspecified atom stereocenters. The Kier molecular flexibility index (Phi) is 6.60. The Balaban J connectivity index is 1.62. The second-order valence-electron chi connectivity index (χ2n) is 5.54. The van der Waals surface area contributed by atoms with E-state index in [2.05, 4.69) is 10.2 Å². The molecule has 7 nitrogen and oxygen atoms in total. The maximum Gasteiger partial charge on any atom is 0.320 e. The zero-order valence-electron chi connectivity index (χ0n) is 14.6. The molecule has 0 aromatic carbocycles. The highest BCUT2D eigenvalue weighted by molar-refractivity contribution is 8.00. The molecule has 0 bridgehead atoms. The number of hydrogen-bond donors (Lipinski definition) is 0. The topological polar surface area (TPSA) is 77.3 Å². The van der Waals surface area contributed by atoms with E-state index in [-0.39, 0.29) is 22.9 Å². The van der Waals surface area contributed by atoms with Crippen molar-refractivity contribution in [3.05, 3.63) is 17.5 Å². The lowest BCUT2D eigenvalue weighted by Gasteiger charge is -2.30. The Morgan fingerprint density at radius 1 is 1.42 bits per heavy atom. The van der Waals surface area contributed by atoms with E-state index in [0.29, 0.717) is 13.1 Å². The number of hydrogen-bond acceptors (Lipinski definition) is 8. The second kappa shape index (κ2) is 8.92. The summed E-state index contributed by atoms with van der Waals surface area (Å²) < 4.78 is 6.81. The molecule has 0 saturated carbocycles. The largest absolute Gasteiger partial charge is 0.468 e. The zero-order valence-corrected chi connectivity index (χ0v) is 17.0. The third kappa shape index (κ3) is 4.24. The third-order valence-corrected chi connectivity index (χ3v) is 6.96. The number of carbonyl (C=O) groups excluding carboxylic acids is 2. The lowest BCUT2D eigenvalue weighted by Crippen LogP contribution is -2.45. The zero-order chi connectivity index (χ0) is 18.5. The lowest BCUT2D eigenvalue weighted by atomic mass is 10.3. The average molecular weight is 413 g/mol. The van der Waals surface area contributed by atoms with Crippen LogP contribution in [0.15, 0.2) is 22.7 Å². The van der Waals surface area contributed by atoms with Crippen LogP contribution in [0.2, 0.25) is 0 Å². The van der Waals surface area contributed by atoms with Crippen molar-refractivity contribution in [3.8, 4) is 10.7 Å². The van der Waals surface area contributed by atoms with Gasteiger partial charge in [-0.1, -0.05) is 17.8 Å². The molecular weight excluding hydrogens is 392 g/mol. The molecule has 3 heterocycles. The van der Waals surface area contributed by atoms with Gasteiger partial charge in [-0.25, -0.2) is 0 Å². The number of rotatable bonds is 6. The number of thiophene rings is 1. The number of aromatic nitrogens is 3. The molecule has 26 heavy (non-hydrogen) atoms. The van der Waals surface area contributed by atoms with E-state index in [0.717, 1.165) is 28.2 Å². The number of thioether (sulfide) groups is 2. The monoisotopic (exact) mass is 412 g/mol. The van der Waals surface area contributed by atoms with Crippen LogP contribution in [0.1, 0.15) is 6.92 Å². The van der Waals surface area contributed by atoms with Gasteiger partial charge in [-0.15, -0.1) is 33.3 Å². The van der Waals surface area contributed by atoms with Crippen molar-refractivity contribution in [2.45, 2.75) is 23.9 Å². The maximum atomic E-state index is 12.6. The number of carbonyl (C=O) groups is 2. The van der Waals surface area contributed by atoms with Crippen molar-refractivity contribution in [2.75, 3.05) is 31.7 Å². The first-order chi connectivity index (χ1) is 12.6. The molecule has 0 N–H and O–H groups in total. The Bertz CT molecular complexity index is 763. The van der Waals surface area contributed by atoms with Crippen LogP contribution in [0.4, 0.5) is 0 Å². The normalized spacial score (nSPS) is 17.3. The van der Waals surface area contributed by atoms with Crippen LogP contribution in [-0.4, -0.2) is 68.5 Å².